The fraction of sp³-hybridized carbons (Fsp3) is 0.571. The molecule has 1 aliphatic rings. The van der Waals surface area contributed by atoms with E-state index in [1.165, 1.54) is 5.56 Å². The molecule has 0 saturated carbocycles. The van der Waals surface area contributed by atoms with Crippen LogP contribution in [0.3, 0.4) is 0 Å². The molecule has 4 nitrogen and oxygen atoms in total. The molecule has 2 rings (SSSR count). The maximum absolute atomic E-state index is 11.4. The fourth-order valence-electron chi connectivity index (χ4n) is 2.49. The van der Waals surface area contributed by atoms with Gasteiger partial charge in [-0.3, -0.25) is 0 Å². The van der Waals surface area contributed by atoms with E-state index in [0.29, 0.717) is 30.6 Å². The van der Waals surface area contributed by atoms with Gasteiger partial charge in [0.15, 0.2) is 9.84 Å². The van der Waals surface area contributed by atoms with Crippen LogP contribution in [0.15, 0.2) is 28.7 Å². The molecule has 0 amide bonds. The smallest absolute Gasteiger partial charge is 0.152 e. The lowest BCUT2D eigenvalue weighted by molar-refractivity contribution is 0.278. The summed E-state index contributed by atoms with van der Waals surface area (Å²) >= 11 is 3.49. The maximum Gasteiger partial charge on any atom is 0.152 e. The number of sulfone groups is 1. The molecule has 0 aromatic heterocycles. The Bertz CT molecular complexity index is 534. The van der Waals surface area contributed by atoms with E-state index in [-0.39, 0.29) is 0 Å². The molecule has 0 radical (unpaired) electrons. The first-order chi connectivity index (χ1) is 9.50. The lowest BCUT2D eigenvalue weighted by Gasteiger charge is -2.28. The quantitative estimate of drug-likeness (QED) is 0.870. The van der Waals surface area contributed by atoms with Gasteiger partial charge in [0, 0.05) is 30.1 Å². The molecule has 0 aliphatic carbocycles. The van der Waals surface area contributed by atoms with Gasteiger partial charge in [0.05, 0.1) is 11.5 Å². The Balaban J connectivity index is 1.89. The molecule has 1 heterocycles. The SMILES string of the molecule is CNC(CCN1CCS(=O)(=O)CC1)c1cccc(Br)c1. The number of halogens is 1. The average Bonchev–Trinajstić information content (AvgIpc) is 2.41. The summed E-state index contributed by atoms with van der Waals surface area (Å²) in [5.74, 6) is 0.599. The van der Waals surface area contributed by atoms with Crippen molar-refractivity contribution in [3.05, 3.63) is 34.3 Å². The van der Waals surface area contributed by atoms with Crippen molar-refractivity contribution in [2.75, 3.05) is 38.2 Å². The highest BCUT2D eigenvalue weighted by Gasteiger charge is 2.22. The van der Waals surface area contributed by atoms with E-state index in [9.17, 15) is 8.42 Å². The summed E-state index contributed by atoms with van der Waals surface area (Å²) < 4.78 is 23.9. The maximum atomic E-state index is 11.4. The van der Waals surface area contributed by atoms with Crippen LogP contribution in [0, 0.1) is 0 Å². The van der Waals surface area contributed by atoms with Crippen LogP contribution in [0.25, 0.3) is 0 Å². The standard InChI is InChI=1S/C14H21BrN2O2S/c1-16-14(12-3-2-4-13(15)11-12)5-6-17-7-9-20(18,19)10-8-17/h2-4,11,14,16H,5-10H2,1H3. The van der Waals surface area contributed by atoms with Crippen molar-refractivity contribution in [1.29, 1.82) is 0 Å². The highest BCUT2D eigenvalue weighted by atomic mass is 79.9. The monoisotopic (exact) mass is 360 g/mol. The highest BCUT2D eigenvalue weighted by molar-refractivity contribution is 9.10. The molecule has 6 heteroatoms. The van der Waals surface area contributed by atoms with E-state index < -0.39 is 9.84 Å². The van der Waals surface area contributed by atoms with Gasteiger partial charge in [0.2, 0.25) is 0 Å². The van der Waals surface area contributed by atoms with Crippen molar-refractivity contribution in [2.45, 2.75) is 12.5 Å². The summed E-state index contributed by atoms with van der Waals surface area (Å²) in [7, 11) is -0.817. The van der Waals surface area contributed by atoms with Gasteiger partial charge in [-0.05, 0) is 31.2 Å². The number of rotatable bonds is 5. The number of benzene rings is 1. The molecule has 0 spiro atoms. The summed E-state index contributed by atoms with van der Waals surface area (Å²) in [6.07, 6.45) is 0.979. The van der Waals surface area contributed by atoms with Crippen molar-refractivity contribution in [3.8, 4) is 0 Å². The zero-order chi connectivity index (χ0) is 14.6. The van der Waals surface area contributed by atoms with Crippen molar-refractivity contribution in [3.63, 3.8) is 0 Å². The van der Waals surface area contributed by atoms with Crippen LogP contribution in [0.4, 0.5) is 0 Å². The second kappa shape index (κ2) is 7.02. The van der Waals surface area contributed by atoms with Gasteiger partial charge >= 0.3 is 0 Å². The minimum absolute atomic E-state index is 0.297. The molecule has 1 atom stereocenters. The number of nitrogens with zero attached hydrogens (tertiary/aromatic N) is 1. The van der Waals surface area contributed by atoms with Gasteiger partial charge in [-0.25, -0.2) is 8.42 Å². The van der Waals surface area contributed by atoms with E-state index in [4.69, 9.17) is 0 Å². The van der Waals surface area contributed by atoms with Crippen LogP contribution < -0.4 is 5.32 Å². The van der Waals surface area contributed by atoms with Gasteiger partial charge in [-0.2, -0.15) is 0 Å². The molecule has 0 bridgehead atoms. The van der Waals surface area contributed by atoms with Gasteiger partial charge in [0.25, 0.3) is 0 Å². The van der Waals surface area contributed by atoms with Crippen molar-refractivity contribution < 1.29 is 8.42 Å². The van der Waals surface area contributed by atoms with Crippen molar-refractivity contribution in [2.24, 2.45) is 0 Å². The molecule has 1 aliphatic heterocycles. The van der Waals surface area contributed by atoms with E-state index in [0.717, 1.165) is 17.4 Å². The third-order valence-corrected chi connectivity index (χ3v) is 5.87. The molecule has 1 aromatic rings. The Morgan fingerprint density at radius 3 is 2.65 bits per heavy atom. The zero-order valence-electron chi connectivity index (χ0n) is 11.7. The summed E-state index contributed by atoms with van der Waals surface area (Å²) in [5, 5.41) is 3.34. The highest BCUT2D eigenvalue weighted by Crippen LogP contribution is 2.21. The van der Waals surface area contributed by atoms with Crippen LogP contribution in [0.1, 0.15) is 18.0 Å². The number of hydrogen-bond acceptors (Lipinski definition) is 4. The predicted octanol–water partition coefficient (Wildman–Crippen LogP) is 1.83. The first-order valence-electron chi connectivity index (χ1n) is 6.86. The van der Waals surface area contributed by atoms with E-state index in [1.807, 2.05) is 19.2 Å². The minimum Gasteiger partial charge on any atom is -0.313 e. The van der Waals surface area contributed by atoms with Crippen LogP contribution in [-0.2, 0) is 9.84 Å². The molecular weight excluding hydrogens is 340 g/mol. The molecular formula is C14H21BrN2O2S. The topological polar surface area (TPSA) is 49.4 Å². The molecule has 1 saturated heterocycles. The third kappa shape index (κ3) is 4.55. The number of nitrogens with one attached hydrogen (secondary N) is 1. The summed E-state index contributed by atoms with van der Waals surface area (Å²) in [6, 6.07) is 8.60. The first kappa shape index (κ1) is 15.9. The second-order valence-electron chi connectivity index (χ2n) is 5.18. The molecule has 20 heavy (non-hydrogen) atoms. The van der Waals surface area contributed by atoms with E-state index >= 15 is 0 Å². The lowest BCUT2D eigenvalue weighted by Crippen LogP contribution is -2.41. The molecule has 112 valence electrons. The Morgan fingerprint density at radius 1 is 1.35 bits per heavy atom. The molecule has 1 N–H and O–H groups in total. The Kier molecular flexibility index (Phi) is 5.60. The molecule has 1 unspecified atom stereocenters. The van der Waals surface area contributed by atoms with Crippen LogP contribution >= 0.6 is 15.9 Å². The zero-order valence-corrected chi connectivity index (χ0v) is 14.1. The predicted molar refractivity (Wildman–Crippen MR) is 85.7 cm³/mol. The normalized spacial score (nSPS) is 20.7. The van der Waals surface area contributed by atoms with E-state index in [2.05, 4.69) is 38.3 Å². The van der Waals surface area contributed by atoms with Gasteiger partial charge in [-0.15, -0.1) is 0 Å². The first-order valence-corrected chi connectivity index (χ1v) is 9.47. The average molecular weight is 361 g/mol. The van der Waals surface area contributed by atoms with Crippen molar-refractivity contribution in [1.82, 2.24) is 10.2 Å². The summed E-state index contributed by atoms with van der Waals surface area (Å²) in [5.41, 5.74) is 1.26. The Hall–Kier alpha value is -0.430. The molecule has 1 aromatic carbocycles. The van der Waals surface area contributed by atoms with Crippen LogP contribution in [-0.4, -0.2) is 51.5 Å². The molecule has 1 fully saturated rings. The summed E-state index contributed by atoms with van der Waals surface area (Å²) in [6.45, 7) is 2.25. The van der Waals surface area contributed by atoms with Crippen LogP contribution in [0.5, 0.6) is 0 Å². The van der Waals surface area contributed by atoms with Crippen LogP contribution in [0.2, 0.25) is 0 Å². The van der Waals surface area contributed by atoms with Gasteiger partial charge in [-0.1, -0.05) is 28.1 Å². The van der Waals surface area contributed by atoms with Gasteiger partial charge < -0.3 is 10.2 Å². The number of hydrogen-bond donors (Lipinski definition) is 1. The largest absolute Gasteiger partial charge is 0.313 e. The van der Waals surface area contributed by atoms with Gasteiger partial charge in [0.1, 0.15) is 0 Å². The van der Waals surface area contributed by atoms with Crippen molar-refractivity contribution >= 4 is 25.8 Å². The minimum atomic E-state index is -2.78. The Morgan fingerprint density at radius 2 is 2.05 bits per heavy atom. The fourth-order valence-corrected chi connectivity index (χ4v) is 4.18. The summed E-state index contributed by atoms with van der Waals surface area (Å²) in [4.78, 5) is 2.24. The lowest BCUT2D eigenvalue weighted by atomic mass is 10.0. The second-order valence-corrected chi connectivity index (χ2v) is 8.40. The van der Waals surface area contributed by atoms with E-state index in [1.54, 1.807) is 0 Å². The third-order valence-electron chi connectivity index (χ3n) is 3.77. The Labute approximate surface area is 129 Å².